The fraction of sp³-hybridized carbons (Fsp3) is 0.700. The summed E-state index contributed by atoms with van der Waals surface area (Å²) < 4.78 is 21.4. The fourth-order valence-corrected chi connectivity index (χ4v) is 1.93. The normalized spacial score (nSPS) is 13.5. The lowest BCUT2D eigenvalue weighted by molar-refractivity contribution is -0.350. The van der Waals surface area contributed by atoms with Gasteiger partial charge >= 0.3 is 17.9 Å². The van der Waals surface area contributed by atoms with Crippen LogP contribution in [0.25, 0.3) is 0 Å². The highest BCUT2D eigenvalue weighted by Gasteiger charge is 2.40. The van der Waals surface area contributed by atoms with E-state index in [1.807, 2.05) is 0 Å². The van der Waals surface area contributed by atoms with Crippen LogP contribution in [-0.4, -0.2) is 60.2 Å². The Hall–Kier alpha value is -1.74. The van der Waals surface area contributed by atoms with E-state index in [0.717, 1.165) is 0 Å². The molecule has 8 nitrogen and oxygen atoms in total. The van der Waals surface area contributed by atoms with E-state index in [4.69, 9.17) is 24.1 Å². The van der Waals surface area contributed by atoms with Crippen molar-refractivity contribution in [2.75, 3.05) is 19.8 Å². The third kappa shape index (κ3) is 11.9. The van der Waals surface area contributed by atoms with Crippen molar-refractivity contribution in [2.24, 2.45) is 0 Å². The number of hydrogen-bond acceptors (Lipinski definition) is 8. The molecule has 8 heteroatoms. The maximum atomic E-state index is 12.1. The minimum atomic E-state index is -1.98. The molecule has 0 aliphatic rings. The molecule has 0 aliphatic carbocycles. The van der Waals surface area contributed by atoms with Gasteiger partial charge in [-0.15, -0.1) is 0 Å². The molecule has 0 saturated heterocycles. The Kier molecular flexibility index (Phi) is 12.6. The summed E-state index contributed by atoms with van der Waals surface area (Å²) in [6, 6.07) is 0. The van der Waals surface area contributed by atoms with Crippen molar-refractivity contribution in [3.8, 4) is 0 Å². The quantitative estimate of drug-likeness (QED) is 0.186. The summed E-state index contributed by atoms with van der Waals surface area (Å²) in [5, 5.41) is 18.7. The summed E-state index contributed by atoms with van der Waals surface area (Å²) in [6.45, 7) is 13.6. The summed E-state index contributed by atoms with van der Waals surface area (Å²) in [5.74, 6) is -3.54. The predicted molar refractivity (Wildman–Crippen MR) is 103 cm³/mol. The number of carbonyl (C=O) groups is 2. The van der Waals surface area contributed by atoms with Gasteiger partial charge < -0.3 is 29.2 Å². The van der Waals surface area contributed by atoms with Gasteiger partial charge in [0.25, 0.3) is 0 Å². The first-order valence-corrected chi connectivity index (χ1v) is 9.34. The third-order valence-corrected chi connectivity index (χ3v) is 3.37. The van der Waals surface area contributed by atoms with Crippen molar-refractivity contribution in [1.82, 2.24) is 0 Å². The molecule has 0 aromatic heterocycles. The molecule has 0 spiro atoms. The average molecular weight is 402 g/mol. The second-order valence-electron chi connectivity index (χ2n) is 6.92. The Morgan fingerprint density at radius 3 is 1.82 bits per heavy atom. The number of esters is 2. The predicted octanol–water partition coefficient (Wildman–Crippen LogP) is 2.23. The molecule has 28 heavy (non-hydrogen) atoms. The summed E-state index contributed by atoms with van der Waals surface area (Å²) >= 11 is 0. The number of aliphatic hydroxyl groups is 2. The van der Waals surface area contributed by atoms with Gasteiger partial charge in [0.15, 0.2) is 0 Å². The van der Waals surface area contributed by atoms with Gasteiger partial charge in [-0.25, -0.2) is 9.59 Å². The molecular weight excluding hydrogens is 368 g/mol. The molecule has 0 aromatic carbocycles. The molecule has 2 N–H and O–H groups in total. The van der Waals surface area contributed by atoms with E-state index in [1.54, 1.807) is 6.92 Å². The van der Waals surface area contributed by atoms with E-state index in [1.165, 1.54) is 20.8 Å². The molecule has 0 saturated carbocycles. The maximum Gasteiger partial charge on any atom is 0.376 e. The zero-order valence-electron chi connectivity index (χ0n) is 17.4. The lowest BCUT2D eigenvalue weighted by atomic mass is 10.1. The van der Waals surface area contributed by atoms with Crippen LogP contribution in [-0.2, 0) is 28.5 Å². The molecule has 162 valence electrons. The van der Waals surface area contributed by atoms with Crippen LogP contribution in [0, 0.1) is 0 Å². The van der Waals surface area contributed by atoms with Crippen LogP contribution in [0.3, 0.4) is 0 Å². The second kappa shape index (κ2) is 13.4. The smallest absolute Gasteiger partial charge is 0.376 e. The van der Waals surface area contributed by atoms with Gasteiger partial charge in [-0.3, -0.25) is 0 Å². The van der Waals surface area contributed by atoms with Crippen LogP contribution in [0.4, 0.5) is 0 Å². The lowest BCUT2D eigenvalue weighted by Gasteiger charge is -2.32. The first-order chi connectivity index (χ1) is 13.0. The first kappa shape index (κ1) is 26.3. The van der Waals surface area contributed by atoms with Crippen molar-refractivity contribution < 1.29 is 38.7 Å². The van der Waals surface area contributed by atoms with Gasteiger partial charge in [0.1, 0.15) is 0 Å². The number of unbranched alkanes of at least 4 members (excludes halogenated alkanes) is 2. The maximum absolute atomic E-state index is 12.1. The van der Waals surface area contributed by atoms with E-state index in [0.29, 0.717) is 25.9 Å². The highest BCUT2D eigenvalue weighted by molar-refractivity contribution is 5.88. The van der Waals surface area contributed by atoms with E-state index in [9.17, 15) is 14.7 Å². The van der Waals surface area contributed by atoms with Gasteiger partial charge in [0, 0.05) is 17.8 Å². The molecule has 2 atom stereocenters. The third-order valence-electron chi connectivity index (χ3n) is 3.37. The van der Waals surface area contributed by atoms with Gasteiger partial charge in [-0.2, -0.15) is 0 Å². The number of ether oxygens (including phenoxy) is 4. The molecule has 0 radical (unpaired) electrons. The van der Waals surface area contributed by atoms with Crippen molar-refractivity contribution >= 4 is 11.9 Å². The molecule has 0 rings (SSSR count). The Balaban J connectivity index is 5.06. The van der Waals surface area contributed by atoms with Crippen LogP contribution in [0.1, 0.15) is 53.4 Å². The van der Waals surface area contributed by atoms with Crippen LogP contribution >= 0.6 is 0 Å². The fourth-order valence-electron chi connectivity index (χ4n) is 1.93. The summed E-state index contributed by atoms with van der Waals surface area (Å²) in [4.78, 5) is 24.1. The summed E-state index contributed by atoms with van der Waals surface area (Å²) in [7, 11) is 0. The van der Waals surface area contributed by atoms with E-state index in [2.05, 4.69) is 13.2 Å². The molecule has 0 aromatic rings. The van der Waals surface area contributed by atoms with Crippen molar-refractivity contribution in [3.63, 3.8) is 0 Å². The standard InChI is InChI=1S/C20H34O8/c1-14(2)18(23)27-20(26-13-17(6)22,28-19(24)15(3)4)10-8-7-9-11-25-12-16(5)21/h16-17,21-22H,1,3,7-13H2,2,4-6H3. The molecule has 2 unspecified atom stereocenters. The monoisotopic (exact) mass is 402 g/mol. The van der Waals surface area contributed by atoms with Crippen molar-refractivity contribution in [3.05, 3.63) is 24.3 Å². The number of hydrogen-bond donors (Lipinski definition) is 2. The Labute approximate surface area is 167 Å². The van der Waals surface area contributed by atoms with E-state index >= 15 is 0 Å². The minimum Gasteiger partial charge on any atom is -0.394 e. The van der Waals surface area contributed by atoms with E-state index < -0.39 is 30.1 Å². The number of carbonyl (C=O) groups excluding carboxylic acids is 2. The molecule has 0 amide bonds. The van der Waals surface area contributed by atoms with Gasteiger partial charge in [-0.05, 0) is 40.5 Å². The van der Waals surface area contributed by atoms with Gasteiger partial charge in [0.05, 0.1) is 31.8 Å². The Morgan fingerprint density at radius 2 is 1.39 bits per heavy atom. The number of rotatable bonds is 15. The summed E-state index contributed by atoms with van der Waals surface area (Å²) in [5.41, 5.74) is 0.228. The number of aliphatic hydroxyl groups excluding tert-OH is 2. The van der Waals surface area contributed by atoms with Crippen molar-refractivity contribution in [2.45, 2.75) is 71.6 Å². The minimum absolute atomic E-state index is 0.0637. The average Bonchev–Trinajstić information content (AvgIpc) is 2.58. The Bertz CT molecular complexity index is 496. The molecular formula is C20H34O8. The zero-order valence-corrected chi connectivity index (χ0v) is 17.4. The molecule has 0 aliphatic heterocycles. The van der Waals surface area contributed by atoms with Crippen LogP contribution < -0.4 is 0 Å². The topological polar surface area (TPSA) is 112 Å². The molecule has 0 fully saturated rings. The zero-order chi connectivity index (χ0) is 21.7. The lowest BCUT2D eigenvalue weighted by Crippen LogP contribution is -2.44. The first-order valence-electron chi connectivity index (χ1n) is 9.34. The van der Waals surface area contributed by atoms with Gasteiger partial charge in [-0.1, -0.05) is 19.6 Å². The van der Waals surface area contributed by atoms with E-state index in [-0.39, 0.29) is 30.8 Å². The molecule has 0 bridgehead atoms. The largest absolute Gasteiger partial charge is 0.394 e. The second-order valence-corrected chi connectivity index (χ2v) is 6.92. The van der Waals surface area contributed by atoms with Crippen LogP contribution in [0.15, 0.2) is 24.3 Å². The molecule has 0 heterocycles. The van der Waals surface area contributed by atoms with Crippen LogP contribution in [0.2, 0.25) is 0 Å². The SMILES string of the molecule is C=C(C)C(=O)OC(CCCCCOCC(C)O)(OCC(C)O)OC(=O)C(=C)C. The van der Waals surface area contributed by atoms with Gasteiger partial charge in [0.2, 0.25) is 0 Å². The Morgan fingerprint density at radius 1 is 0.893 bits per heavy atom. The summed E-state index contributed by atoms with van der Waals surface area (Å²) in [6.07, 6.45) is 0.542. The highest BCUT2D eigenvalue weighted by atomic mass is 16.9. The highest BCUT2D eigenvalue weighted by Crippen LogP contribution is 2.26. The van der Waals surface area contributed by atoms with Crippen molar-refractivity contribution in [1.29, 1.82) is 0 Å². The van der Waals surface area contributed by atoms with Crippen LogP contribution in [0.5, 0.6) is 0 Å².